The van der Waals surface area contributed by atoms with Crippen molar-refractivity contribution in [2.75, 3.05) is 0 Å². The van der Waals surface area contributed by atoms with E-state index >= 15 is 0 Å². The minimum Gasteiger partial charge on any atom is -0.512 e. The minimum absolute atomic E-state index is 0. The number of hydrogen-bond donors (Lipinski definition) is 1. The normalized spacial score (nSPS) is 12.2. The molecule has 5 rings (SSSR count). The fourth-order valence-electron chi connectivity index (χ4n) is 3.44. The van der Waals surface area contributed by atoms with Crippen molar-refractivity contribution in [3.8, 4) is 0 Å². The van der Waals surface area contributed by atoms with Gasteiger partial charge in [-0.05, 0) is 35.3 Å². The first-order valence-electron chi connectivity index (χ1n) is 9.51. The topological polar surface area (TPSA) is 50.2 Å². The van der Waals surface area contributed by atoms with Crippen LogP contribution in [0.3, 0.4) is 0 Å². The molecule has 5 heteroatoms. The van der Waals surface area contributed by atoms with E-state index in [1.807, 2.05) is 44.4 Å². The van der Waals surface area contributed by atoms with Crippen molar-refractivity contribution in [2.24, 2.45) is 5.41 Å². The molecule has 0 saturated carbocycles. The Bertz CT molecular complexity index is 1290. The zero-order valence-corrected chi connectivity index (χ0v) is 20.5. The minimum atomic E-state index is -0.314. The van der Waals surface area contributed by atoms with E-state index in [9.17, 15) is 9.90 Å². The molecule has 0 atom stereocenters. The van der Waals surface area contributed by atoms with Gasteiger partial charge in [-0.2, -0.15) is 0 Å². The van der Waals surface area contributed by atoms with E-state index in [1.54, 1.807) is 0 Å². The van der Waals surface area contributed by atoms with Crippen molar-refractivity contribution in [3.05, 3.63) is 66.6 Å². The average molecular weight is 593 g/mol. The van der Waals surface area contributed by atoms with Crippen molar-refractivity contribution >= 4 is 59.0 Å². The van der Waals surface area contributed by atoms with E-state index in [-0.39, 0.29) is 37.1 Å². The molecule has 1 radical (unpaired) electrons. The van der Waals surface area contributed by atoms with Gasteiger partial charge in [0, 0.05) is 47.2 Å². The number of fused-ring (bicyclic) bond motifs is 3. The average Bonchev–Trinajstić information content (AvgIpc) is 3.06. The molecule has 0 aliphatic rings. The van der Waals surface area contributed by atoms with Gasteiger partial charge >= 0.3 is 0 Å². The largest absolute Gasteiger partial charge is 0.512 e. The molecule has 155 valence electrons. The summed E-state index contributed by atoms with van der Waals surface area (Å²) in [6.45, 7) is 6.97. The second-order valence-electron chi connectivity index (χ2n) is 8.16. The molecule has 0 saturated heterocycles. The van der Waals surface area contributed by atoms with E-state index in [0.29, 0.717) is 0 Å². The van der Waals surface area contributed by atoms with Gasteiger partial charge in [-0.15, -0.1) is 41.0 Å². The first-order chi connectivity index (χ1) is 13.8. The van der Waals surface area contributed by atoms with Crippen molar-refractivity contribution in [1.29, 1.82) is 0 Å². The standard InChI is InChI=1S/C17H8NS.C8H14O2.Ir/c1-2-5-12-10(4-1)11-6-3-7-13-15(11)16-14(19-13)8-9-18-17(12)16;1-6(9)5-7(10)8(2,3)4;/h1-4,6-9H;5,10H,1-4H3;/q-1;;/b;7-5-;. The Morgan fingerprint density at radius 3 is 2.43 bits per heavy atom. The molecule has 2 aromatic heterocycles. The molecule has 0 fully saturated rings. The number of rotatable bonds is 1. The van der Waals surface area contributed by atoms with Crippen LogP contribution in [0.1, 0.15) is 27.7 Å². The van der Waals surface area contributed by atoms with Crippen LogP contribution in [0.5, 0.6) is 0 Å². The van der Waals surface area contributed by atoms with Crippen molar-refractivity contribution in [2.45, 2.75) is 27.7 Å². The van der Waals surface area contributed by atoms with Gasteiger partial charge in [-0.1, -0.05) is 43.7 Å². The molecule has 0 bridgehead atoms. The number of pyridine rings is 1. The second kappa shape index (κ2) is 8.43. The van der Waals surface area contributed by atoms with Gasteiger partial charge in [-0.25, -0.2) is 0 Å². The quantitative estimate of drug-likeness (QED) is 0.0982. The summed E-state index contributed by atoms with van der Waals surface area (Å²) in [5, 5.41) is 15.6. The number of ketones is 1. The van der Waals surface area contributed by atoms with Crippen LogP contribution in [-0.4, -0.2) is 15.9 Å². The Morgan fingerprint density at radius 2 is 1.77 bits per heavy atom. The number of aromatic nitrogens is 1. The number of benzene rings is 3. The van der Waals surface area contributed by atoms with E-state index in [4.69, 9.17) is 0 Å². The van der Waals surface area contributed by atoms with Gasteiger partial charge < -0.3 is 10.1 Å². The van der Waals surface area contributed by atoms with Crippen LogP contribution in [0.2, 0.25) is 0 Å². The van der Waals surface area contributed by atoms with Crippen LogP contribution in [0.25, 0.3) is 41.8 Å². The van der Waals surface area contributed by atoms with Crippen molar-refractivity contribution < 1.29 is 30.0 Å². The summed E-state index contributed by atoms with van der Waals surface area (Å²) in [5.74, 6) is 0.0208. The van der Waals surface area contributed by atoms with Gasteiger partial charge in [0.05, 0.1) is 0 Å². The summed E-state index contributed by atoms with van der Waals surface area (Å²) in [5.41, 5.74) is 0.768. The number of thiophene rings is 1. The van der Waals surface area contributed by atoms with Crippen molar-refractivity contribution in [3.63, 3.8) is 0 Å². The molecule has 0 spiro atoms. The summed E-state index contributed by atoms with van der Waals surface area (Å²) in [7, 11) is 0. The van der Waals surface area contributed by atoms with Crippen LogP contribution in [0.4, 0.5) is 0 Å². The smallest absolute Gasteiger partial charge is 0.155 e. The molecule has 0 aliphatic carbocycles. The maximum atomic E-state index is 10.5. The van der Waals surface area contributed by atoms with Crippen LogP contribution >= 0.6 is 11.3 Å². The van der Waals surface area contributed by atoms with Crippen molar-refractivity contribution in [1.82, 2.24) is 4.98 Å². The molecule has 3 nitrogen and oxygen atoms in total. The fourth-order valence-corrected chi connectivity index (χ4v) is 4.57. The number of aliphatic hydroxyl groups is 1. The summed E-state index contributed by atoms with van der Waals surface area (Å²) >= 11 is 1.85. The van der Waals surface area contributed by atoms with Crippen LogP contribution < -0.4 is 0 Å². The Hall–Kier alpha value is -2.33. The van der Waals surface area contributed by atoms with Crippen LogP contribution in [0, 0.1) is 11.5 Å². The third-order valence-electron chi connectivity index (χ3n) is 4.90. The maximum Gasteiger partial charge on any atom is 0.155 e. The van der Waals surface area contributed by atoms with Gasteiger partial charge in [0.25, 0.3) is 0 Å². The third-order valence-corrected chi connectivity index (χ3v) is 6.02. The summed E-state index contributed by atoms with van der Waals surface area (Å²) in [6, 6.07) is 18.2. The monoisotopic (exact) mass is 593 g/mol. The Kier molecular flexibility index (Phi) is 6.28. The molecular formula is C25H22IrNO2S-. The molecule has 2 heterocycles. The number of carbonyl (C=O) groups is 1. The summed E-state index contributed by atoms with van der Waals surface area (Å²) < 4.78 is 2.66. The molecule has 30 heavy (non-hydrogen) atoms. The number of aliphatic hydroxyl groups excluding tert-OH is 1. The second-order valence-corrected chi connectivity index (χ2v) is 9.25. The van der Waals surface area contributed by atoms with E-state index in [2.05, 4.69) is 47.4 Å². The van der Waals surface area contributed by atoms with Crippen LogP contribution in [-0.2, 0) is 24.9 Å². The zero-order valence-electron chi connectivity index (χ0n) is 17.2. The first kappa shape index (κ1) is 22.4. The molecule has 5 aromatic rings. The number of hydrogen-bond acceptors (Lipinski definition) is 4. The van der Waals surface area contributed by atoms with Crippen LogP contribution in [0.15, 0.2) is 60.5 Å². The number of carbonyl (C=O) groups excluding carboxylic acids is 1. The maximum absolute atomic E-state index is 10.5. The SMILES string of the molecule is CC(=O)/C=C(\O)C(C)(C)C.[Ir].[c-]1cccc2c1c1nccc3sc4cccc2c4c31. The summed E-state index contributed by atoms with van der Waals surface area (Å²) in [4.78, 5) is 15.1. The van der Waals surface area contributed by atoms with Gasteiger partial charge in [0.15, 0.2) is 5.78 Å². The van der Waals surface area contributed by atoms with E-state index in [0.717, 1.165) is 10.9 Å². The molecule has 0 amide bonds. The van der Waals surface area contributed by atoms with E-state index in [1.165, 1.54) is 43.9 Å². The first-order valence-corrected chi connectivity index (χ1v) is 10.3. The predicted octanol–water partition coefficient (Wildman–Crippen LogP) is 7.05. The number of nitrogens with zero attached hydrogens (tertiary/aromatic N) is 1. The van der Waals surface area contributed by atoms with E-state index < -0.39 is 0 Å². The van der Waals surface area contributed by atoms with Gasteiger partial charge in [0.2, 0.25) is 0 Å². The molecule has 1 N–H and O–H groups in total. The number of allylic oxidation sites excluding steroid dienone is 2. The molecule has 0 unspecified atom stereocenters. The fraction of sp³-hybridized carbons (Fsp3) is 0.200. The van der Waals surface area contributed by atoms with Gasteiger partial charge in [-0.3, -0.25) is 4.79 Å². The zero-order chi connectivity index (χ0) is 20.8. The Morgan fingerprint density at radius 1 is 1.07 bits per heavy atom. The molecule has 3 aromatic carbocycles. The molecular weight excluding hydrogens is 571 g/mol. The molecule has 0 aliphatic heterocycles. The Balaban J connectivity index is 0.000000203. The Labute approximate surface area is 193 Å². The predicted molar refractivity (Wildman–Crippen MR) is 123 cm³/mol. The summed E-state index contributed by atoms with van der Waals surface area (Å²) in [6.07, 6.45) is 3.16. The third kappa shape index (κ3) is 3.98. The van der Waals surface area contributed by atoms with Gasteiger partial charge in [0.1, 0.15) is 5.76 Å².